The van der Waals surface area contributed by atoms with Gasteiger partial charge in [0, 0.05) is 12.1 Å². The first-order valence-corrected chi connectivity index (χ1v) is 7.67. The number of hydrogen-bond acceptors (Lipinski definition) is 4. The molecule has 1 aromatic carbocycles. The molecule has 0 aliphatic carbocycles. The molecule has 1 rings (SSSR count). The van der Waals surface area contributed by atoms with Crippen LogP contribution in [0.2, 0.25) is 0 Å². The standard InChI is InChI=1S/C13H21NO4S/c1-5-6-10(2)14-19(15,16)13-9-11(17-3)7-8-12(13)18-4/h7-10,14H,5-6H2,1-4H3. The lowest BCUT2D eigenvalue weighted by Crippen LogP contribution is -2.32. The minimum atomic E-state index is -3.61. The Morgan fingerprint density at radius 3 is 2.47 bits per heavy atom. The highest BCUT2D eigenvalue weighted by molar-refractivity contribution is 7.89. The summed E-state index contributed by atoms with van der Waals surface area (Å²) in [6.07, 6.45) is 1.70. The Morgan fingerprint density at radius 1 is 1.26 bits per heavy atom. The minimum Gasteiger partial charge on any atom is -0.497 e. The molecule has 0 bridgehead atoms. The normalized spacial score (nSPS) is 13.1. The average molecular weight is 287 g/mol. The maximum absolute atomic E-state index is 12.3. The van der Waals surface area contributed by atoms with E-state index in [9.17, 15) is 8.42 Å². The number of sulfonamides is 1. The van der Waals surface area contributed by atoms with Crippen molar-refractivity contribution < 1.29 is 17.9 Å². The fourth-order valence-corrected chi connectivity index (χ4v) is 3.28. The van der Waals surface area contributed by atoms with E-state index in [1.165, 1.54) is 20.3 Å². The van der Waals surface area contributed by atoms with Gasteiger partial charge in [0.15, 0.2) is 0 Å². The lowest BCUT2D eigenvalue weighted by atomic mass is 10.2. The van der Waals surface area contributed by atoms with Crippen LogP contribution in [0.3, 0.4) is 0 Å². The minimum absolute atomic E-state index is 0.0947. The van der Waals surface area contributed by atoms with Crippen molar-refractivity contribution in [3.05, 3.63) is 18.2 Å². The molecule has 5 nitrogen and oxygen atoms in total. The second kappa shape index (κ2) is 6.77. The second-order valence-corrected chi connectivity index (χ2v) is 6.01. The van der Waals surface area contributed by atoms with Crippen molar-refractivity contribution in [2.75, 3.05) is 14.2 Å². The first-order valence-electron chi connectivity index (χ1n) is 6.19. The Hall–Kier alpha value is -1.27. The third kappa shape index (κ3) is 4.11. The average Bonchev–Trinajstić information content (AvgIpc) is 2.37. The SMILES string of the molecule is CCCC(C)NS(=O)(=O)c1cc(OC)ccc1OC. The molecule has 0 fully saturated rings. The first-order chi connectivity index (χ1) is 8.94. The van der Waals surface area contributed by atoms with Crippen molar-refractivity contribution in [3.8, 4) is 11.5 Å². The molecule has 1 aromatic rings. The monoisotopic (exact) mass is 287 g/mol. The van der Waals surface area contributed by atoms with Gasteiger partial charge in [-0.3, -0.25) is 0 Å². The van der Waals surface area contributed by atoms with E-state index in [1.54, 1.807) is 12.1 Å². The molecular weight excluding hydrogens is 266 g/mol. The maximum Gasteiger partial charge on any atom is 0.244 e. The highest BCUT2D eigenvalue weighted by Crippen LogP contribution is 2.28. The van der Waals surface area contributed by atoms with Crippen molar-refractivity contribution in [2.24, 2.45) is 0 Å². The molecule has 0 aromatic heterocycles. The highest BCUT2D eigenvalue weighted by atomic mass is 32.2. The lowest BCUT2D eigenvalue weighted by Gasteiger charge is -2.15. The summed E-state index contributed by atoms with van der Waals surface area (Å²) in [5, 5.41) is 0. The number of hydrogen-bond donors (Lipinski definition) is 1. The Morgan fingerprint density at radius 2 is 1.95 bits per heavy atom. The van der Waals surface area contributed by atoms with Crippen molar-refractivity contribution in [1.82, 2.24) is 4.72 Å². The van der Waals surface area contributed by atoms with E-state index in [0.717, 1.165) is 12.8 Å². The molecule has 1 atom stereocenters. The molecular formula is C13H21NO4S. The largest absolute Gasteiger partial charge is 0.497 e. The predicted octanol–water partition coefficient (Wildman–Crippen LogP) is 2.17. The van der Waals surface area contributed by atoms with E-state index in [0.29, 0.717) is 11.5 Å². The maximum atomic E-state index is 12.3. The van der Waals surface area contributed by atoms with Crippen LogP contribution in [-0.2, 0) is 10.0 Å². The fourth-order valence-electron chi connectivity index (χ4n) is 1.81. The van der Waals surface area contributed by atoms with Gasteiger partial charge in [-0.2, -0.15) is 0 Å². The number of methoxy groups -OCH3 is 2. The van der Waals surface area contributed by atoms with Gasteiger partial charge in [0.25, 0.3) is 0 Å². The van der Waals surface area contributed by atoms with Gasteiger partial charge in [-0.1, -0.05) is 13.3 Å². The van der Waals surface area contributed by atoms with Gasteiger partial charge in [0.05, 0.1) is 14.2 Å². The summed E-state index contributed by atoms with van der Waals surface area (Å²) in [4.78, 5) is 0.0947. The topological polar surface area (TPSA) is 64.6 Å². The number of rotatable bonds is 7. The van der Waals surface area contributed by atoms with Crippen LogP contribution in [0.25, 0.3) is 0 Å². The molecule has 0 spiro atoms. The zero-order valence-electron chi connectivity index (χ0n) is 11.8. The van der Waals surface area contributed by atoms with Crippen molar-refractivity contribution >= 4 is 10.0 Å². The van der Waals surface area contributed by atoms with Gasteiger partial charge in [0.1, 0.15) is 16.4 Å². The van der Waals surface area contributed by atoms with E-state index >= 15 is 0 Å². The summed E-state index contributed by atoms with van der Waals surface area (Å²) in [7, 11) is -0.680. The molecule has 0 aliphatic rings. The van der Waals surface area contributed by atoms with Crippen LogP contribution in [0.1, 0.15) is 26.7 Å². The zero-order chi connectivity index (χ0) is 14.5. The van der Waals surface area contributed by atoms with Crippen LogP contribution in [0.5, 0.6) is 11.5 Å². The van der Waals surface area contributed by atoms with Gasteiger partial charge in [-0.15, -0.1) is 0 Å². The Kier molecular flexibility index (Phi) is 5.62. The molecule has 0 radical (unpaired) electrons. The van der Waals surface area contributed by atoms with Gasteiger partial charge in [-0.05, 0) is 25.5 Å². The van der Waals surface area contributed by atoms with Crippen LogP contribution in [0.15, 0.2) is 23.1 Å². The first kappa shape index (κ1) is 15.8. The molecule has 0 saturated carbocycles. The van der Waals surface area contributed by atoms with E-state index in [2.05, 4.69) is 4.72 Å². The zero-order valence-corrected chi connectivity index (χ0v) is 12.6. The fraction of sp³-hybridized carbons (Fsp3) is 0.538. The molecule has 19 heavy (non-hydrogen) atoms. The third-order valence-corrected chi connectivity index (χ3v) is 4.35. The number of ether oxygens (including phenoxy) is 2. The van der Waals surface area contributed by atoms with Gasteiger partial charge < -0.3 is 9.47 Å². The summed E-state index contributed by atoms with van der Waals surface area (Å²) in [5.74, 6) is 0.779. The van der Waals surface area contributed by atoms with Crippen LogP contribution >= 0.6 is 0 Å². The number of benzene rings is 1. The summed E-state index contributed by atoms with van der Waals surface area (Å²) in [6, 6.07) is 4.58. The quantitative estimate of drug-likeness (QED) is 0.834. The van der Waals surface area contributed by atoms with E-state index < -0.39 is 10.0 Å². The molecule has 0 aliphatic heterocycles. The van der Waals surface area contributed by atoms with E-state index in [4.69, 9.17) is 9.47 Å². The van der Waals surface area contributed by atoms with E-state index in [1.807, 2.05) is 13.8 Å². The van der Waals surface area contributed by atoms with Crippen LogP contribution in [0.4, 0.5) is 0 Å². The summed E-state index contributed by atoms with van der Waals surface area (Å²) >= 11 is 0. The summed E-state index contributed by atoms with van der Waals surface area (Å²) in [6.45, 7) is 3.85. The van der Waals surface area contributed by atoms with Gasteiger partial charge in [-0.25, -0.2) is 13.1 Å². The van der Waals surface area contributed by atoms with Crippen molar-refractivity contribution in [1.29, 1.82) is 0 Å². The Balaban J connectivity index is 3.11. The van der Waals surface area contributed by atoms with E-state index in [-0.39, 0.29) is 10.9 Å². The molecule has 0 heterocycles. The van der Waals surface area contributed by atoms with Gasteiger partial charge >= 0.3 is 0 Å². The van der Waals surface area contributed by atoms with Crippen LogP contribution in [0, 0.1) is 0 Å². The third-order valence-electron chi connectivity index (χ3n) is 2.74. The smallest absolute Gasteiger partial charge is 0.244 e. The number of nitrogens with one attached hydrogen (secondary N) is 1. The molecule has 0 saturated heterocycles. The highest BCUT2D eigenvalue weighted by Gasteiger charge is 2.22. The Bertz CT molecular complexity index is 513. The van der Waals surface area contributed by atoms with Crippen molar-refractivity contribution in [2.45, 2.75) is 37.6 Å². The summed E-state index contributed by atoms with van der Waals surface area (Å²) < 4.78 is 37.4. The lowest BCUT2D eigenvalue weighted by molar-refractivity contribution is 0.391. The van der Waals surface area contributed by atoms with Crippen LogP contribution in [-0.4, -0.2) is 28.7 Å². The second-order valence-electron chi connectivity index (χ2n) is 4.33. The summed E-state index contributed by atoms with van der Waals surface area (Å²) in [5.41, 5.74) is 0. The Labute approximate surface area is 115 Å². The molecule has 0 amide bonds. The van der Waals surface area contributed by atoms with Crippen LogP contribution < -0.4 is 14.2 Å². The predicted molar refractivity (Wildman–Crippen MR) is 74.2 cm³/mol. The molecule has 6 heteroatoms. The molecule has 108 valence electrons. The molecule has 1 unspecified atom stereocenters. The van der Waals surface area contributed by atoms with Crippen molar-refractivity contribution in [3.63, 3.8) is 0 Å². The van der Waals surface area contributed by atoms with Gasteiger partial charge in [0.2, 0.25) is 10.0 Å². The molecule has 1 N–H and O–H groups in total.